The number of esters is 1. The highest BCUT2D eigenvalue weighted by Crippen LogP contribution is 2.22. The van der Waals surface area contributed by atoms with Crippen molar-refractivity contribution in [1.82, 2.24) is 4.90 Å². The maximum absolute atomic E-state index is 12.4. The lowest BCUT2D eigenvalue weighted by Crippen LogP contribution is -2.29. The Labute approximate surface area is 263 Å². The molecule has 252 valence electrons. The SMILES string of the molecule is CCCCCCC(CCCCC)OC(=O)CCCCCCCN(CCO)CCCCCCCCC(C)(O)CCCCC. The van der Waals surface area contributed by atoms with Gasteiger partial charge < -0.3 is 19.8 Å². The van der Waals surface area contributed by atoms with Gasteiger partial charge in [0.1, 0.15) is 6.10 Å². The highest BCUT2D eigenvalue weighted by Gasteiger charge is 2.18. The molecule has 0 spiro atoms. The number of rotatable bonds is 33. The summed E-state index contributed by atoms with van der Waals surface area (Å²) in [4.78, 5) is 14.9. The molecular weight excluding hydrogens is 522 g/mol. The summed E-state index contributed by atoms with van der Waals surface area (Å²) in [5.74, 6) is 0.00962. The van der Waals surface area contributed by atoms with Gasteiger partial charge in [-0.2, -0.15) is 0 Å². The summed E-state index contributed by atoms with van der Waals surface area (Å²) in [6.07, 6.45) is 29.7. The largest absolute Gasteiger partial charge is 0.462 e. The average Bonchev–Trinajstić information content (AvgIpc) is 2.96. The highest BCUT2D eigenvalue weighted by atomic mass is 16.5. The Morgan fingerprint density at radius 2 is 1.05 bits per heavy atom. The van der Waals surface area contributed by atoms with E-state index in [1.165, 1.54) is 109 Å². The lowest BCUT2D eigenvalue weighted by Gasteiger charge is -2.23. The number of hydrogen-bond acceptors (Lipinski definition) is 5. The predicted octanol–water partition coefficient (Wildman–Crippen LogP) is 10.1. The van der Waals surface area contributed by atoms with Gasteiger partial charge in [-0.15, -0.1) is 0 Å². The number of aliphatic hydroxyl groups excluding tert-OH is 1. The molecule has 5 nitrogen and oxygen atoms in total. The summed E-state index contributed by atoms with van der Waals surface area (Å²) in [6, 6.07) is 0. The van der Waals surface area contributed by atoms with Crippen LogP contribution < -0.4 is 0 Å². The zero-order valence-corrected chi connectivity index (χ0v) is 28.9. The van der Waals surface area contributed by atoms with E-state index in [9.17, 15) is 15.0 Å². The summed E-state index contributed by atoms with van der Waals surface area (Å²) >= 11 is 0. The molecule has 0 saturated carbocycles. The molecule has 0 rings (SSSR count). The normalized spacial score (nSPS) is 13.9. The summed E-state index contributed by atoms with van der Waals surface area (Å²) < 4.78 is 5.89. The van der Waals surface area contributed by atoms with Gasteiger partial charge in [-0.05, 0) is 77.8 Å². The van der Waals surface area contributed by atoms with E-state index in [2.05, 4.69) is 25.7 Å². The number of unbranched alkanes of at least 4 members (excludes halogenated alkanes) is 16. The first kappa shape index (κ1) is 41.4. The van der Waals surface area contributed by atoms with E-state index in [-0.39, 0.29) is 18.7 Å². The number of hydrogen-bond donors (Lipinski definition) is 2. The average molecular weight is 598 g/mol. The summed E-state index contributed by atoms with van der Waals surface area (Å²) in [5, 5.41) is 20.0. The van der Waals surface area contributed by atoms with Crippen LogP contribution in [0.1, 0.15) is 195 Å². The summed E-state index contributed by atoms with van der Waals surface area (Å²) in [7, 11) is 0. The van der Waals surface area contributed by atoms with Crippen molar-refractivity contribution in [1.29, 1.82) is 0 Å². The molecular formula is C37H75NO4. The molecule has 0 amide bonds. The lowest BCUT2D eigenvalue weighted by atomic mass is 9.92. The first-order valence-corrected chi connectivity index (χ1v) is 18.6. The lowest BCUT2D eigenvalue weighted by molar-refractivity contribution is -0.150. The van der Waals surface area contributed by atoms with Crippen LogP contribution in [0.25, 0.3) is 0 Å². The molecule has 5 heteroatoms. The number of nitrogens with zero attached hydrogens (tertiary/aromatic N) is 1. The first-order chi connectivity index (χ1) is 20.4. The van der Waals surface area contributed by atoms with E-state index in [1.807, 2.05) is 6.92 Å². The third-order valence-corrected chi connectivity index (χ3v) is 8.84. The van der Waals surface area contributed by atoms with Gasteiger partial charge in [0.15, 0.2) is 0 Å². The second-order valence-corrected chi connectivity index (χ2v) is 13.4. The van der Waals surface area contributed by atoms with Crippen molar-refractivity contribution in [3.8, 4) is 0 Å². The minimum absolute atomic E-state index is 0.00962. The molecule has 0 aromatic heterocycles. The van der Waals surface area contributed by atoms with Crippen molar-refractivity contribution < 1.29 is 19.7 Å². The van der Waals surface area contributed by atoms with Crippen molar-refractivity contribution in [2.75, 3.05) is 26.2 Å². The Balaban J connectivity index is 3.89. The predicted molar refractivity (Wildman–Crippen MR) is 181 cm³/mol. The molecule has 0 aliphatic heterocycles. The molecule has 0 aromatic carbocycles. The number of ether oxygens (including phenoxy) is 1. The maximum atomic E-state index is 12.4. The molecule has 2 atom stereocenters. The molecule has 0 heterocycles. The molecule has 42 heavy (non-hydrogen) atoms. The van der Waals surface area contributed by atoms with Crippen LogP contribution in [-0.2, 0) is 9.53 Å². The van der Waals surface area contributed by atoms with Gasteiger partial charge in [0.25, 0.3) is 0 Å². The first-order valence-electron chi connectivity index (χ1n) is 18.6. The fraction of sp³-hybridized carbons (Fsp3) is 0.973. The minimum Gasteiger partial charge on any atom is -0.462 e. The van der Waals surface area contributed by atoms with Gasteiger partial charge in [-0.25, -0.2) is 0 Å². The fourth-order valence-electron chi connectivity index (χ4n) is 5.97. The van der Waals surface area contributed by atoms with Crippen molar-refractivity contribution in [3.63, 3.8) is 0 Å². The molecule has 0 aliphatic carbocycles. The minimum atomic E-state index is -0.476. The van der Waals surface area contributed by atoms with Gasteiger partial charge in [0.2, 0.25) is 0 Å². The van der Waals surface area contributed by atoms with Crippen molar-refractivity contribution in [2.24, 2.45) is 0 Å². The molecule has 0 radical (unpaired) electrons. The van der Waals surface area contributed by atoms with Crippen molar-refractivity contribution in [2.45, 2.75) is 206 Å². The Bertz CT molecular complexity index is 568. The van der Waals surface area contributed by atoms with Gasteiger partial charge >= 0.3 is 5.97 Å². The monoisotopic (exact) mass is 598 g/mol. The zero-order chi connectivity index (χ0) is 31.2. The van der Waals surface area contributed by atoms with Crippen LogP contribution in [0.15, 0.2) is 0 Å². The number of carbonyl (C=O) groups is 1. The highest BCUT2D eigenvalue weighted by molar-refractivity contribution is 5.69. The maximum Gasteiger partial charge on any atom is 0.306 e. The Morgan fingerprint density at radius 3 is 1.62 bits per heavy atom. The van der Waals surface area contributed by atoms with Crippen LogP contribution in [0.3, 0.4) is 0 Å². The van der Waals surface area contributed by atoms with Crippen molar-refractivity contribution >= 4 is 5.97 Å². The van der Waals surface area contributed by atoms with Gasteiger partial charge in [0, 0.05) is 13.0 Å². The third kappa shape index (κ3) is 28.1. The van der Waals surface area contributed by atoms with Crippen LogP contribution >= 0.6 is 0 Å². The Morgan fingerprint density at radius 1 is 0.619 bits per heavy atom. The van der Waals surface area contributed by atoms with E-state index in [0.717, 1.165) is 71.0 Å². The molecule has 0 bridgehead atoms. The zero-order valence-electron chi connectivity index (χ0n) is 28.9. The Kier molecular flexibility index (Phi) is 29.9. The van der Waals surface area contributed by atoms with Crippen molar-refractivity contribution in [3.05, 3.63) is 0 Å². The second kappa shape index (κ2) is 30.4. The van der Waals surface area contributed by atoms with E-state index in [4.69, 9.17) is 4.74 Å². The molecule has 2 unspecified atom stereocenters. The van der Waals surface area contributed by atoms with E-state index < -0.39 is 5.60 Å². The van der Waals surface area contributed by atoms with Gasteiger partial charge in [-0.1, -0.05) is 124 Å². The van der Waals surface area contributed by atoms with Crippen LogP contribution in [0.4, 0.5) is 0 Å². The summed E-state index contributed by atoms with van der Waals surface area (Å²) in [6.45, 7) is 11.8. The molecule has 0 aliphatic rings. The van der Waals surface area contributed by atoms with E-state index in [0.29, 0.717) is 6.42 Å². The van der Waals surface area contributed by atoms with Crippen LogP contribution in [0.5, 0.6) is 0 Å². The molecule has 2 N–H and O–H groups in total. The molecule has 0 aromatic rings. The van der Waals surface area contributed by atoms with E-state index >= 15 is 0 Å². The van der Waals surface area contributed by atoms with Gasteiger partial charge in [0.05, 0.1) is 12.2 Å². The van der Waals surface area contributed by atoms with Gasteiger partial charge in [-0.3, -0.25) is 4.79 Å². The second-order valence-electron chi connectivity index (χ2n) is 13.4. The standard InChI is InChI=1S/C37H75NO4/c1-5-8-11-20-27-35(26-19-9-6-2)42-36(40)28-21-15-14-18-25-32-38(33-34-39)31-24-17-13-12-16-23-30-37(4,41)29-22-10-7-3/h35,39,41H,5-34H2,1-4H3. The Hall–Kier alpha value is -0.650. The van der Waals surface area contributed by atoms with Crippen LogP contribution in [0, 0.1) is 0 Å². The fourth-order valence-corrected chi connectivity index (χ4v) is 5.97. The topological polar surface area (TPSA) is 70.0 Å². The van der Waals surface area contributed by atoms with Crippen LogP contribution in [0.2, 0.25) is 0 Å². The molecule has 0 fully saturated rings. The quantitative estimate of drug-likeness (QED) is 0.0582. The third-order valence-electron chi connectivity index (χ3n) is 8.84. The molecule has 0 saturated heterocycles. The van der Waals surface area contributed by atoms with Crippen LogP contribution in [-0.4, -0.2) is 59.0 Å². The number of carbonyl (C=O) groups excluding carboxylic acids is 1. The number of aliphatic hydroxyl groups is 2. The smallest absolute Gasteiger partial charge is 0.306 e. The summed E-state index contributed by atoms with van der Waals surface area (Å²) in [5.41, 5.74) is -0.476. The van der Waals surface area contributed by atoms with E-state index in [1.54, 1.807) is 0 Å².